The third-order valence-corrected chi connectivity index (χ3v) is 3.36. The molecule has 2 rings (SSSR count). The summed E-state index contributed by atoms with van der Waals surface area (Å²) in [6.07, 6.45) is 2.72. The quantitative estimate of drug-likeness (QED) is 0.747. The molecule has 1 fully saturated rings. The average Bonchev–Trinajstić information content (AvgIpc) is 2.29. The molecule has 1 aliphatic heterocycles. The molecule has 1 aromatic rings. The zero-order valence-corrected chi connectivity index (χ0v) is 10.7. The smallest absolute Gasteiger partial charge is 0.163 e. The normalized spacial score (nSPS) is 17.1. The van der Waals surface area contributed by atoms with Crippen molar-refractivity contribution in [2.24, 2.45) is 5.92 Å². The summed E-state index contributed by atoms with van der Waals surface area (Å²) in [5.41, 5.74) is 3.20. The van der Waals surface area contributed by atoms with Gasteiger partial charge in [0.25, 0.3) is 0 Å². The van der Waals surface area contributed by atoms with Crippen molar-refractivity contribution in [1.82, 2.24) is 0 Å². The maximum Gasteiger partial charge on any atom is 0.163 e. The van der Waals surface area contributed by atoms with E-state index in [1.807, 2.05) is 26.0 Å². The van der Waals surface area contributed by atoms with Gasteiger partial charge in [-0.2, -0.15) is 0 Å². The molecule has 0 bridgehead atoms. The lowest BCUT2D eigenvalue weighted by molar-refractivity contribution is 0.0601. The summed E-state index contributed by atoms with van der Waals surface area (Å²) in [6.45, 7) is 5.70. The van der Waals surface area contributed by atoms with Crippen molar-refractivity contribution in [3.05, 3.63) is 34.9 Å². The Morgan fingerprint density at radius 1 is 1.18 bits per heavy atom. The number of carbonyl (C=O) groups excluding carboxylic acids is 1. The minimum absolute atomic E-state index is 0.281. The molecule has 0 atom stereocenters. The molecule has 17 heavy (non-hydrogen) atoms. The monoisotopic (exact) mass is 232 g/mol. The number of hydrogen-bond donors (Lipinski definition) is 0. The summed E-state index contributed by atoms with van der Waals surface area (Å²) in [7, 11) is 0. The fourth-order valence-corrected chi connectivity index (χ4v) is 2.47. The van der Waals surface area contributed by atoms with Crippen molar-refractivity contribution in [3.63, 3.8) is 0 Å². The molecule has 1 heterocycles. The van der Waals surface area contributed by atoms with Crippen LogP contribution in [0.3, 0.4) is 0 Å². The summed E-state index contributed by atoms with van der Waals surface area (Å²) in [5.74, 6) is 0.792. The van der Waals surface area contributed by atoms with Gasteiger partial charge < -0.3 is 4.74 Å². The van der Waals surface area contributed by atoms with E-state index in [-0.39, 0.29) is 5.78 Å². The second-order valence-corrected chi connectivity index (χ2v) is 5.06. The summed E-state index contributed by atoms with van der Waals surface area (Å²) >= 11 is 0. The Bertz CT molecular complexity index is 383. The molecule has 0 spiro atoms. The van der Waals surface area contributed by atoms with Crippen LogP contribution >= 0.6 is 0 Å². The van der Waals surface area contributed by atoms with Crippen LogP contribution in [-0.2, 0) is 4.74 Å². The predicted octanol–water partition coefficient (Wildman–Crippen LogP) is 3.30. The minimum Gasteiger partial charge on any atom is -0.381 e. The minimum atomic E-state index is 0.281. The number of ether oxygens (including phenoxy) is 1. The Balaban J connectivity index is 2.03. The molecule has 1 saturated heterocycles. The number of aryl methyl sites for hydroxylation is 2. The van der Waals surface area contributed by atoms with E-state index in [4.69, 9.17) is 4.74 Å². The van der Waals surface area contributed by atoms with Gasteiger partial charge in [-0.3, -0.25) is 4.79 Å². The number of rotatable bonds is 3. The van der Waals surface area contributed by atoms with Crippen molar-refractivity contribution >= 4 is 5.78 Å². The summed E-state index contributed by atoms with van der Waals surface area (Å²) in [5, 5.41) is 0. The Hall–Kier alpha value is -1.15. The molecule has 0 aromatic heterocycles. The van der Waals surface area contributed by atoms with E-state index in [0.717, 1.165) is 31.6 Å². The van der Waals surface area contributed by atoms with Gasteiger partial charge in [0.05, 0.1) is 0 Å². The molecular formula is C15H20O2. The van der Waals surface area contributed by atoms with Crippen LogP contribution in [0.5, 0.6) is 0 Å². The first-order valence-corrected chi connectivity index (χ1v) is 6.34. The van der Waals surface area contributed by atoms with Gasteiger partial charge in [0, 0.05) is 25.2 Å². The highest BCUT2D eigenvalue weighted by Crippen LogP contribution is 2.21. The lowest BCUT2D eigenvalue weighted by atomic mass is 9.91. The van der Waals surface area contributed by atoms with Gasteiger partial charge in [-0.05, 0) is 44.7 Å². The number of Topliss-reactive ketones (excluding diaryl/α,β-unsaturated/α-hetero) is 1. The van der Waals surface area contributed by atoms with Crippen LogP contribution in [0, 0.1) is 19.8 Å². The zero-order valence-electron chi connectivity index (χ0n) is 10.7. The Kier molecular flexibility index (Phi) is 3.95. The Labute approximate surface area is 103 Å². The second kappa shape index (κ2) is 5.46. The first-order chi connectivity index (χ1) is 8.15. The average molecular weight is 232 g/mol. The van der Waals surface area contributed by atoms with Crippen LogP contribution in [0.1, 0.15) is 40.7 Å². The van der Waals surface area contributed by atoms with Gasteiger partial charge in [0.1, 0.15) is 0 Å². The molecule has 0 N–H and O–H groups in total. The van der Waals surface area contributed by atoms with E-state index in [1.54, 1.807) is 0 Å². The van der Waals surface area contributed by atoms with E-state index in [1.165, 1.54) is 11.1 Å². The lowest BCUT2D eigenvalue weighted by Gasteiger charge is -2.21. The van der Waals surface area contributed by atoms with Crippen molar-refractivity contribution in [3.8, 4) is 0 Å². The van der Waals surface area contributed by atoms with E-state index >= 15 is 0 Å². The molecule has 1 aliphatic rings. The van der Waals surface area contributed by atoms with Gasteiger partial charge in [-0.1, -0.05) is 17.2 Å². The molecule has 2 nitrogen and oxygen atoms in total. The van der Waals surface area contributed by atoms with Crippen molar-refractivity contribution in [1.29, 1.82) is 0 Å². The second-order valence-electron chi connectivity index (χ2n) is 5.06. The zero-order chi connectivity index (χ0) is 12.3. The first kappa shape index (κ1) is 12.3. The van der Waals surface area contributed by atoms with Crippen molar-refractivity contribution in [2.45, 2.75) is 33.1 Å². The molecule has 0 saturated carbocycles. The van der Waals surface area contributed by atoms with Crippen LogP contribution in [0.25, 0.3) is 0 Å². The topological polar surface area (TPSA) is 26.3 Å². The third kappa shape index (κ3) is 3.40. The Morgan fingerprint density at radius 2 is 1.76 bits per heavy atom. The highest BCUT2D eigenvalue weighted by molar-refractivity contribution is 5.96. The van der Waals surface area contributed by atoms with E-state index in [9.17, 15) is 4.79 Å². The molecule has 1 aromatic carbocycles. The molecule has 2 heteroatoms. The maximum atomic E-state index is 12.2. The summed E-state index contributed by atoms with van der Waals surface area (Å²) in [6, 6.07) is 6.09. The molecule has 0 amide bonds. The molecule has 92 valence electrons. The van der Waals surface area contributed by atoms with Gasteiger partial charge in [-0.15, -0.1) is 0 Å². The molecular weight excluding hydrogens is 212 g/mol. The SMILES string of the molecule is Cc1cc(C)cc(C(=O)CC2CCOCC2)c1. The highest BCUT2D eigenvalue weighted by Gasteiger charge is 2.18. The van der Waals surface area contributed by atoms with Gasteiger partial charge >= 0.3 is 0 Å². The largest absolute Gasteiger partial charge is 0.381 e. The van der Waals surface area contributed by atoms with E-state index in [0.29, 0.717) is 12.3 Å². The lowest BCUT2D eigenvalue weighted by Crippen LogP contribution is -2.18. The number of carbonyl (C=O) groups is 1. The first-order valence-electron chi connectivity index (χ1n) is 6.34. The number of ketones is 1. The number of benzene rings is 1. The molecule has 0 aliphatic carbocycles. The summed E-state index contributed by atoms with van der Waals surface area (Å²) in [4.78, 5) is 12.2. The van der Waals surface area contributed by atoms with Crippen LogP contribution in [0.15, 0.2) is 18.2 Å². The predicted molar refractivity (Wildman–Crippen MR) is 68.4 cm³/mol. The van der Waals surface area contributed by atoms with Crippen LogP contribution in [0.2, 0.25) is 0 Å². The fourth-order valence-electron chi connectivity index (χ4n) is 2.47. The van der Waals surface area contributed by atoms with Gasteiger partial charge in [0.2, 0.25) is 0 Å². The summed E-state index contributed by atoms with van der Waals surface area (Å²) < 4.78 is 5.31. The van der Waals surface area contributed by atoms with Gasteiger partial charge in [-0.25, -0.2) is 0 Å². The van der Waals surface area contributed by atoms with Crippen molar-refractivity contribution < 1.29 is 9.53 Å². The van der Waals surface area contributed by atoms with E-state index in [2.05, 4.69) is 6.07 Å². The van der Waals surface area contributed by atoms with Crippen molar-refractivity contribution in [2.75, 3.05) is 13.2 Å². The number of hydrogen-bond acceptors (Lipinski definition) is 2. The molecule has 0 unspecified atom stereocenters. The molecule has 0 radical (unpaired) electrons. The fraction of sp³-hybridized carbons (Fsp3) is 0.533. The Morgan fingerprint density at radius 3 is 2.35 bits per heavy atom. The standard InChI is InChI=1S/C15H20O2/c1-11-7-12(2)9-14(8-11)15(16)10-13-3-5-17-6-4-13/h7-9,13H,3-6,10H2,1-2H3. The van der Waals surface area contributed by atoms with Crippen LogP contribution in [-0.4, -0.2) is 19.0 Å². The van der Waals surface area contributed by atoms with Crippen LogP contribution < -0.4 is 0 Å². The highest BCUT2D eigenvalue weighted by atomic mass is 16.5. The van der Waals surface area contributed by atoms with Gasteiger partial charge in [0.15, 0.2) is 5.78 Å². The maximum absolute atomic E-state index is 12.2. The third-order valence-electron chi connectivity index (χ3n) is 3.36. The van der Waals surface area contributed by atoms with Crippen LogP contribution in [0.4, 0.5) is 0 Å². The van der Waals surface area contributed by atoms with E-state index < -0.39 is 0 Å².